The van der Waals surface area contributed by atoms with E-state index >= 15 is 0 Å². The van der Waals surface area contributed by atoms with Gasteiger partial charge in [0.25, 0.3) is 0 Å². The van der Waals surface area contributed by atoms with Crippen LogP contribution >= 0.6 is 0 Å². The Morgan fingerprint density at radius 1 is 1.26 bits per heavy atom. The van der Waals surface area contributed by atoms with Crippen LogP contribution in [-0.4, -0.2) is 108 Å². The number of piperazine rings is 1. The molecule has 2 aliphatic rings. The highest BCUT2D eigenvalue weighted by Crippen LogP contribution is 2.32. The van der Waals surface area contributed by atoms with Crippen LogP contribution in [0.25, 0.3) is 22.6 Å². The fourth-order valence-corrected chi connectivity index (χ4v) is 4.74. The van der Waals surface area contributed by atoms with Gasteiger partial charge in [0.15, 0.2) is 23.1 Å². The Bertz CT molecular complexity index is 1240. The number of urea groups is 1. The topological polar surface area (TPSA) is 104 Å². The molecule has 4 heterocycles. The zero-order valence-electron chi connectivity index (χ0n) is 22.4. The second-order valence-electron chi connectivity index (χ2n) is 10.3. The first-order valence-electron chi connectivity index (χ1n) is 13.3. The summed E-state index contributed by atoms with van der Waals surface area (Å²) in [6.45, 7) is 4.89. The van der Waals surface area contributed by atoms with Gasteiger partial charge in [0.05, 0.1) is 29.5 Å². The number of ether oxygens (including phenoxy) is 2. The van der Waals surface area contributed by atoms with E-state index in [9.17, 15) is 9.18 Å². The largest absolute Gasteiger partial charge is 0.490 e. The van der Waals surface area contributed by atoms with Gasteiger partial charge in [-0.25, -0.2) is 18.9 Å². The minimum absolute atomic E-state index is 0.177. The average Bonchev–Trinajstić information content (AvgIpc) is 3.51. The van der Waals surface area contributed by atoms with Crippen molar-refractivity contribution in [1.82, 2.24) is 34.4 Å². The minimum atomic E-state index is -0.467. The van der Waals surface area contributed by atoms with Crippen molar-refractivity contribution < 1.29 is 18.7 Å². The van der Waals surface area contributed by atoms with Crippen molar-refractivity contribution in [2.45, 2.75) is 31.9 Å². The maximum absolute atomic E-state index is 14.8. The van der Waals surface area contributed by atoms with Crippen molar-refractivity contribution >= 4 is 22.8 Å². The Morgan fingerprint density at radius 3 is 2.82 bits per heavy atom. The summed E-state index contributed by atoms with van der Waals surface area (Å²) in [5, 5.41) is 7.79. The van der Waals surface area contributed by atoms with Gasteiger partial charge in [0, 0.05) is 51.5 Å². The van der Waals surface area contributed by atoms with E-state index in [1.165, 1.54) is 6.07 Å². The van der Waals surface area contributed by atoms with Crippen molar-refractivity contribution in [1.29, 1.82) is 0 Å². The van der Waals surface area contributed by atoms with E-state index in [4.69, 9.17) is 14.6 Å². The Labute approximate surface area is 221 Å². The molecule has 0 radical (unpaired) electrons. The van der Waals surface area contributed by atoms with E-state index in [0.29, 0.717) is 54.5 Å². The molecule has 0 aliphatic carbocycles. The molecule has 2 amide bonds. The molecule has 2 N–H and O–H groups in total. The first-order chi connectivity index (χ1) is 18.4. The number of carbonyl (C=O) groups is 1. The number of hydrogen-bond donors (Lipinski definition) is 2. The number of rotatable bonds is 8. The van der Waals surface area contributed by atoms with Crippen LogP contribution in [0, 0.1) is 5.82 Å². The fourth-order valence-electron chi connectivity index (χ4n) is 4.74. The van der Waals surface area contributed by atoms with Crippen LogP contribution in [0.2, 0.25) is 0 Å². The predicted octanol–water partition coefficient (Wildman–Crippen LogP) is 3.37. The maximum Gasteiger partial charge on any atom is 0.322 e. The van der Waals surface area contributed by atoms with Gasteiger partial charge in [-0.05, 0) is 46.8 Å². The van der Waals surface area contributed by atoms with Gasteiger partial charge in [-0.3, -0.25) is 0 Å². The van der Waals surface area contributed by atoms with Crippen molar-refractivity contribution in [3.05, 3.63) is 24.1 Å². The maximum atomic E-state index is 14.8. The second-order valence-corrected chi connectivity index (χ2v) is 10.3. The van der Waals surface area contributed by atoms with Crippen LogP contribution in [0.15, 0.2) is 18.3 Å². The highest BCUT2D eigenvalue weighted by molar-refractivity contribution is 5.93. The normalized spacial score (nSPS) is 18.9. The van der Waals surface area contributed by atoms with Crippen molar-refractivity contribution in [2.75, 3.05) is 72.4 Å². The van der Waals surface area contributed by atoms with Crippen LogP contribution < -0.4 is 10.1 Å². The molecule has 2 saturated heterocycles. The molecule has 1 unspecified atom stereocenters. The number of halogens is 1. The number of nitrogens with zero attached hydrogens (tertiary/aromatic N) is 6. The summed E-state index contributed by atoms with van der Waals surface area (Å²) in [4.78, 5) is 27.0. The number of aromatic nitrogens is 4. The standard InChI is InChI=1S/C26H37FN8O3/c1-32(2)8-6-14-37-22-16-20-19(15-18(22)27)28-25(29-20)24-21(17-35(31-24)23-7-4-5-13-38-23)30-26(36)34-11-9-33(3)10-12-34/h15-17,23H,4-14H2,1-3H3,(H,28,29)(H,30,36). The number of fused-ring (bicyclic) bond motifs is 1. The molecule has 0 spiro atoms. The molecule has 12 heteroatoms. The summed E-state index contributed by atoms with van der Waals surface area (Å²) in [6, 6.07) is 2.81. The molecule has 0 saturated carbocycles. The van der Waals surface area contributed by atoms with Gasteiger partial charge in [-0.15, -0.1) is 0 Å². The number of imidazole rings is 1. The molecule has 5 rings (SSSR count). The zero-order valence-corrected chi connectivity index (χ0v) is 22.4. The lowest BCUT2D eigenvalue weighted by molar-refractivity contribution is -0.0393. The molecule has 1 atom stereocenters. The molecule has 11 nitrogen and oxygen atoms in total. The third-order valence-corrected chi connectivity index (χ3v) is 6.98. The van der Waals surface area contributed by atoms with Gasteiger partial charge >= 0.3 is 6.03 Å². The van der Waals surface area contributed by atoms with Crippen molar-refractivity contribution in [3.8, 4) is 17.3 Å². The summed E-state index contributed by atoms with van der Waals surface area (Å²) in [7, 11) is 6.02. The van der Waals surface area contributed by atoms with Crippen molar-refractivity contribution in [3.63, 3.8) is 0 Å². The Kier molecular flexibility index (Phi) is 8.10. The monoisotopic (exact) mass is 528 g/mol. The van der Waals surface area contributed by atoms with E-state index in [-0.39, 0.29) is 18.0 Å². The number of hydrogen-bond acceptors (Lipinski definition) is 7. The lowest BCUT2D eigenvalue weighted by Gasteiger charge is -2.32. The average molecular weight is 529 g/mol. The summed E-state index contributed by atoms with van der Waals surface area (Å²) in [6.07, 6.45) is 5.28. The fraction of sp³-hybridized carbons (Fsp3) is 0.577. The molecular weight excluding hydrogens is 491 g/mol. The Balaban J connectivity index is 1.41. The van der Waals surface area contributed by atoms with Crippen LogP contribution in [0.4, 0.5) is 14.9 Å². The Morgan fingerprint density at radius 2 is 2.08 bits per heavy atom. The highest BCUT2D eigenvalue weighted by Gasteiger charge is 2.25. The first-order valence-corrected chi connectivity index (χ1v) is 13.3. The minimum Gasteiger partial charge on any atom is -0.490 e. The SMILES string of the molecule is CN(C)CCCOc1cc2[nH]c(-c3nn(C4CCCCO4)cc3NC(=O)N3CCN(C)CC3)nc2cc1F. The smallest absolute Gasteiger partial charge is 0.322 e. The molecule has 2 aliphatic heterocycles. The van der Waals surface area contributed by atoms with E-state index in [1.807, 2.05) is 21.1 Å². The number of likely N-dealkylation sites (N-methyl/N-ethyl adjacent to an activating group) is 1. The predicted molar refractivity (Wildman–Crippen MR) is 143 cm³/mol. The number of benzene rings is 1. The quantitative estimate of drug-likeness (QED) is 0.432. The Hall–Kier alpha value is -3.22. The second kappa shape index (κ2) is 11.7. The third kappa shape index (κ3) is 6.08. The van der Waals surface area contributed by atoms with E-state index in [1.54, 1.807) is 21.8 Å². The van der Waals surface area contributed by atoms with Gasteiger partial charge in [-0.2, -0.15) is 5.10 Å². The number of nitrogens with one attached hydrogen (secondary N) is 2. The van der Waals surface area contributed by atoms with Gasteiger partial charge < -0.3 is 34.5 Å². The third-order valence-electron chi connectivity index (χ3n) is 6.98. The molecule has 3 aromatic rings. The van der Waals surface area contributed by atoms with E-state index < -0.39 is 5.82 Å². The molecular formula is C26H37FN8O3. The van der Waals surface area contributed by atoms with Gasteiger partial charge in [-0.1, -0.05) is 0 Å². The molecule has 1 aromatic carbocycles. The molecule has 2 aromatic heterocycles. The number of carbonyl (C=O) groups excluding carboxylic acids is 1. The van der Waals surface area contributed by atoms with Gasteiger partial charge in [0.1, 0.15) is 6.23 Å². The van der Waals surface area contributed by atoms with E-state index in [2.05, 4.69) is 25.1 Å². The van der Waals surface area contributed by atoms with E-state index in [0.717, 1.165) is 45.3 Å². The summed E-state index contributed by atoms with van der Waals surface area (Å²) < 4.78 is 28.1. The number of anilines is 1. The van der Waals surface area contributed by atoms with Crippen LogP contribution in [0.5, 0.6) is 5.75 Å². The first kappa shape index (κ1) is 26.4. The van der Waals surface area contributed by atoms with Gasteiger partial charge in [0.2, 0.25) is 0 Å². The summed E-state index contributed by atoms with van der Waals surface area (Å²) in [5.74, 6) is 0.147. The molecule has 0 bridgehead atoms. The molecule has 38 heavy (non-hydrogen) atoms. The van der Waals surface area contributed by atoms with Crippen LogP contribution in [0.1, 0.15) is 31.9 Å². The molecule has 206 valence electrons. The van der Waals surface area contributed by atoms with Crippen LogP contribution in [-0.2, 0) is 4.74 Å². The van der Waals surface area contributed by atoms with Crippen molar-refractivity contribution in [2.24, 2.45) is 0 Å². The lowest BCUT2D eigenvalue weighted by Crippen LogP contribution is -2.48. The highest BCUT2D eigenvalue weighted by atomic mass is 19.1. The zero-order chi connectivity index (χ0) is 26.6. The van der Waals surface area contributed by atoms with Crippen LogP contribution in [0.3, 0.4) is 0 Å². The number of H-pyrrole nitrogens is 1. The number of aromatic amines is 1. The number of amides is 2. The lowest BCUT2D eigenvalue weighted by atomic mass is 10.2. The summed E-state index contributed by atoms with van der Waals surface area (Å²) in [5.41, 5.74) is 2.09. The summed E-state index contributed by atoms with van der Waals surface area (Å²) >= 11 is 0. The molecule has 2 fully saturated rings.